The molecule has 0 fully saturated rings. The molecular formula is C18H20ClNO2. The van der Waals surface area contributed by atoms with E-state index >= 15 is 0 Å². The molecular weight excluding hydrogens is 298 g/mol. The lowest BCUT2D eigenvalue weighted by molar-refractivity contribution is 0.174. The summed E-state index contributed by atoms with van der Waals surface area (Å²) in [6.07, 6.45) is 4.66. The molecule has 0 saturated heterocycles. The Kier molecular flexibility index (Phi) is 8.09. The van der Waals surface area contributed by atoms with Gasteiger partial charge in [-0.1, -0.05) is 48.4 Å². The van der Waals surface area contributed by atoms with Crippen LogP contribution in [0, 0.1) is 12.3 Å². The molecule has 116 valence electrons. The topological polar surface area (TPSA) is 41.5 Å². The highest BCUT2D eigenvalue weighted by Crippen LogP contribution is 2.14. The summed E-state index contributed by atoms with van der Waals surface area (Å²) in [4.78, 5) is 0. The lowest BCUT2D eigenvalue weighted by Gasteiger charge is -2.12. The molecule has 0 aliphatic heterocycles. The van der Waals surface area contributed by atoms with Crippen LogP contribution in [-0.2, 0) is 6.54 Å². The Labute approximate surface area is 137 Å². The summed E-state index contributed by atoms with van der Waals surface area (Å²) in [5.74, 6) is 3.20. The van der Waals surface area contributed by atoms with E-state index in [1.54, 1.807) is 0 Å². The van der Waals surface area contributed by atoms with Crippen molar-refractivity contribution < 1.29 is 9.84 Å². The van der Waals surface area contributed by atoms with E-state index in [0.717, 1.165) is 16.9 Å². The molecule has 0 aliphatic carbocycles. The van der Waals surface area contributed by atoms with Crippen LogP contribution in [0.5, 0.6) is 5.75 Å². The lowest BCUT2D eigenvalue weighted by atomic mass is 10.1. The second-order valence-corrected chi connectivity index (χ2v) is 4.70. The minimum absolute atomic E-state index is 0. The Morgan fingerprint density at radius 2 is 1.91 bits per heavy atom. The van der Waals surface area contributed by atoms with Gasteiger partial charge >= 0.3 is 0 Å². The molecule has 0 bridgehead atoms. The molecule has 0 spiro atoms. The molecule has 0 aromatic heterocycles. The summed E-state index contributed by atoms with van der Waals surface area (Å²) >= 11 is 0. The first-order chi connectivity index (χ1) is 10.3. The van der Waals surface area contributed by atoms with Crippen molar-refractivity contribution in [3.05, 3.63) is 65.7 Å². The van der Waals surface area contributed by atoms with Crippen molar-refractivity contribution >= 4 is 12.4 Å². The van der Waals surface area contributed by atoms with Crippen LogP contribution in [0.1, 0.15) is 17.2 Å². The number of hydrogen-bond donors (Lipinski definition) is 2. The van der Waals surface area contributed by atoms with E-state index < -0.39 is 6.10 Å². The van der Waals surface area contributed by atoms with Crippen LogP contribution in [0.2, 0.25) is 0 Å². The summed E-state index contributed by atoms with van der Waals surface area (Å²) in [6.45, 7) is 1.43. The quantitative estimate of drug-likeness (QED) is 0.772. The smallest absolute Gasteiger partial charge is 0.148 e. The van der Waals surface area contributed by atoms with Crippen LogP contribution in [-0.4, -0.2) is 18.3 Å². The van der Waals surface area contributed by atoms with Gasteiger partial charge in [0.1, 0.15) is 12.4 Å². The van der Waals surface area contributed by atoms with Gasteiger partial charge in [0.2, 0.25) is 0 Å². The van der Waals surface area contributed by atoms with Gasteiger partial charge in [0.05, 0.1) is 6.10 Å². The Bertz CT molecular complexity index is 596. The third-order valence-electron chi connectivity index (χ3n) is 3.07. The maximum absolute atomic E-state index is 10.1. The first-order valence-electron chi connectivity index (χ1n) is 6.88. The van der Waals surface area contributed by atoms with Crippen molar-refractivity contribution in [3.63, 3.8) is 0 Å². The average molecular weight is 318 g/mol. The van der Waals surface area contributed by atoms with Crippen molar-refractivity contribution in [2.24, 2.45) is 0 Å². The van der Waals surface area contributed by atoms with Crippen LogP contribution < -0.4 is 10.1 Å². The molecule has 2 N–H and O–H groups in total. The van der Waals surface area contributed by atoms with E-state index in [4.69, 9.17) is 11.2 Å². The fraction of sp³-hybridized carbons (Fsp3) is 0.222. The fourth-order valence-electron chi connectivity index (χ4n) is 2.02. The van der Waals surface area contributed by atoms with Crippen LogP contribution in [0.25, 0.3) is 0 Å². The number of rotatable bonds is 7. The first kappa shape index (κ1) is 18.1. The zero-order valence-corrected chi connectivity index (χ0v) is 13.1. The Hall–Kier alpha value is -1.99. The third-order valence-corrected chi connectivity index (χ3v) is 3.07. The molecule has 2 aromatic carbocycles. The second kappa shape index (κ2) is 9.86. The molecule has 1 atom stereocenters. The van der Waals surface area contributed by atoms with E-state index in [1.165, 1.54) is 0 Å². The predicted molar refractivity (Wildman–Crippen MR) is 91.1 cm³/mol. The van der Waals surface area contributed by atoms with E-state index in [1.807, 2.05) is 54.6 Å². The van der Waals surface area contributed by atoms with E-state index in [2.05, 4.69) is 11.2 Å². The van der Waals surface area contributed by atoms with E-state index in [9.17, 15) is 5.11 Å². The predicted octanol–water partition coefficient (Wildman–Crippen LogP) is 2.94. The lowest BCUT2D eigenvalue weighted by Crippen LogP contribution is -2.21. The first-order valence-corrected chi connectivity index (χ1v) is 6.88. The van der Waals surface area contributed by atoms with Gasteiger partial charge in [0.25, 0.3) is 0 Å². The molecule has 2 aromatic rings. The monoisotopic (exact) mass is 317 g/mol. The normalized spacial score (nSPS) is 11.1. The third kappa shape index (κ3) is 5.79. The number of aliphatic hydroxyl groups is 1. The van der Waals surface area contributed by atoms with Crippen molar-refractivity contribution in [1.82, 2.24) is 5.32 Å². The summed E-state index contributed by atoms with van der Waals surface area (Å²) in [5, 5.41) is 13.3. The maximum Gasteiger partial charge on any atom is 0.148 e. The standard InChI is InChI=1S/C18H19NO2.ClH/c1-2-11-21-17-10-6-7-15(12-17)13-19-14-18(20)16-8-4-3-5-9-16;/h1,3-10,12,18-20H,11,13-14H2;1H. The summed E-state index contributed by atoms with van der Waals surface area (Å²) in [5.41, 5.74) is 2.00. The minimum atomic E-state index is -0.507. The summed E-state index contributed by atoms with van der Waals surface area (Å²) < 4.78 is 5.38. The van der Waals surface area contributed by atoms with Crippen LogP contribution in [0.3, 0.4) is 0 Å². The maximum atomic E-state index is 10.1. The average Bonchev–Trinajstić information content (AvgIpc) is 2.54. The van der Waals surface area contributed by atoms with Crippen LogP contribution in [0.4, 0.5) is 0 Å². The van der Waals surface area contributed by atoms with Gasteiger partial charge in [-0.25, -0.2) is 0 Å². The number of halogens is 1. The van der Waals surface area contributed by atoms with Crippen molar-refractivity contribution in [3.8, 4) is 18.1 Å². The zero-order chi connectivity index (χ0) is 14.9. The van der Waals surface area contributed by atoms with Crippen molar-refractivity contribution in [2.75, 3.05) is 13.2 Å². The number of terminal acetylenes is 1. The molecule has 1 unspecified atom stereocenters. The van der Waals surface area contributed by atoms with E-state index in [0.29, 0.717) is 13.1 Å². The van der Waals surface area contributed by atoms with Gasteiger partial charge in [-0.05, 0) is 23.3 Å². The molecule has 22 heavy (non-hydrogen) atoms. The molecule has 0 saturated carbocycles. The number of benzene rings is 2. The largest absolute Gasteiger partial charge is 0.481 e. The molecule has 0 aliphatic rings. The number of nitrogens with one attached hydrogen (secondary N) is 1. The Morgan fingerprint density at radius 3 is 2.64 bits per heavy atom. The van der Waals surface area contributed by atoms with Crippen molar-refractivity contribution in [2.45, 2.75) is 12.6 Å². The molecule has 0 heterocycles. The highest BCUT2D eigenvalue weighted by atomic mass is 35.5. The van der Waals surface area contributed by atoms with Gasteiger partial charge < -0.3 is 15.2 Å². The Balaban J connectivity index is 0.00000242. The summed E-state index contributed by atoms with van der Waals surface area (Å²) in [7, 11) is 0. The molecule has 2 rings (SSSR count). The van der Waals surface area contributed by atoms with E-state index in [-0.39, 0.29) is 19.0 Å². The summed E-state index contributed by atoms with van der Waals surface area (Å²) in [6, 6.07) is 17.4. The molecule has 4 heteroatoms. The molecule has 0 amide bonds. The van der Waals surface area contributed by atoms with Gasteiger partial charge in [-0.15, -0.1) is 18.8 Å². The highest BCUT2D eigenvalue weighted by molar-refractivity contribution is 5.85. The van der Waals surface area contributed by atoms with Gasteiger partial charge in [0.15, 0.2) is 0 Å². The zero-order valence-electron chi connectivity index (χ0n) is 12.2. The highest BCUT2D eigenvalue weighted by Gasteiger charge is 2.06. The molecule has 3 nitrogen and oxygen atoms in total. The van der Waals surface area contributed by atoms with Gasteiger partial charge in [-0.3, -0.25) is 0 Å². The van der Waals surface area contributed by atoms with Crippen molar-refractivity contribution in [1.29, 1.82) is 0 Å². The van der Waals surface area contributed by atoms with Gasteiger partial charge in [-0.2, -0.15) is 0 Å². The second-order valence-electron chi connectivity index (χ2n) is 4.70. The van der Waals surface area contributed by atoms with Gasteiger partial charge in [0, 0.05) is 13.1 Å². The number of hydrogen-bond acceptors (Lipinski definition) is 3. The minimum Gasteiger partial charge on any atom is -0.481 e. The van der Waals surface area contributed by atoms with Crippen LogP contribution in [0.15, 0.2) is 54.6 Å². The Morgan fingerprint density at radius 1 is 1.14 bits per heavy atom. The SMILES string of the molecule is C#CCOc1cccc(CNCC(O)c2ccccc2)c1.Cl. The number of ether oxygens (including phenoxy) is 1. The van der Waals surface area contributed by atoms with Crippen LogP contribution >= 0.6 is 12.4 Å². The molecule has 0 radical (unpaired) electrons. The number of aliphatic hydroxyl groups excluding tert-OH is 1. The fourth-order valence-corrected chi connectivity index (χ4v) is 2.02.